The van der Waals surface area contributed by atoms with Crippen molar-refractivity contribution in [1.82, 2.24) is 37.2 Å². The number of carboxylic acids is 1. The van der Waals surface area contributed by atoms with Crippen molar-refractivity contribution < 1.29 is 118 Å². The van der Waals surface area contributed by atoms with E-state index in [2.05, 4.69) is 37.2 Å². The number of phenols is 3. The Morgan fingerprint density at radius 2 is 1.32 bits per heavy atom. The van der Waals surface area contributed by atoms with Gasteiger partial charge in [0.25, 0.3) is 0 Å². The Hall–Kier alpha value is -9.20. The van der Waals surface area contributed by atoms with Crippen molar-refractivity contribution >= 4 is 70.5 Å². The van der Waals surface area contributed by atoms with Gasteiger partial charge in [-0.25, -0.2) is 4.79 Å². The summed E-state index contributed by atoms with van der Waals surface area (Å²) in [5, 5.41) is 131. The standard InChI is InChI=1S/C66H75Cl2N9O24/c1-23(2)12-34(71-5)58(88)76-49-51(83)26-7-10-38(32(67)14-26)97-40-16-28-17-41(55(40)101-65-56(54(86)53(85)42(22-78)99-65)100-44-21-66(4,70)57(87)24(3)96-44)98-39-11-8-27(15-33(39)68)52(84)50-63(93)75-48(64(94)95)31-18-29(79)19-37(81)45(31)30-13-25(6-9-36(30)80)46(60(90)77-50)74-61(91)47(28)73-59(89)35(20-43(69)82)72-62(49)92/h6-11,13-19,23-24,34-35,42,44,46-54,56-57,65,71,78-81,83-87H,12,20-22,70H2,1-5H3,(H2,69,82)(H,72,92)(H,73,89)(H,74,91)(H,75,93)(H,76,88)(H,77,90)(H,94,95)/t24?,34-,35+,42?,44+,46-,47-,48+,49-,50+,51-,52-,53-,54?,56-,57+,65+,66-/m1/s1. The fraction of sp³-hybridized carbons (Fsp3) is 0.424. The molecule has 12 rings (SSSR count). The molecule has 7 aliphatic rings. The van der Waals surface area contributed by atoms with Crippen molar-refractivity contribution in [2.75, 3.05) is 13.7 Å². The fourth-order valence-corrected chi connectivity index (χ4v) is 12.9. The zero-order valence-electron chi connectivity index (χ0n) is 54.3. The molecule has 0 spiro atoms. The van der Waals surface area contributed by atoms with Gasteiger partial charge in [0.2, 0.25) is 53.4 Å². The number of aliphatic hydroxyl groups excluding tert-OH is 6. The van der Waals surface area contributed by atoms with Gasteiger partial charge in [0.05, 0.1) is 41.3 Å². The minimum Gasteiger partial charge on any atom is -0.508 e. The van der Waals surface area contributed by atoms with Gasteiger partial charge in [-0.05, 0) is 110 Å². The van der Waals surface area contributed by atoms with E-state index in [9.17, 15) is 75.0 Å². The number of aliphatic hydroxyl groups is 6. The average Bonchev–Trinajstić information content (AvgIpc) is 0.775. The number of ether oxygens (including phenoxy) is 6. The zero-order valence-corrected chi connectivity index (χ0v) is 55.8. The van der Waals surface area contributed by atoms with Crippen molar-refractivity contribution in [3.63, 3.8) is 0 Å². The minimum absolute atomic E-state index is 0.0975. The monoisotopic (exact) mass is 1450 g/mol. The molecule has 0 radical (unpaired) electrons. The van der Waals surface area contributed by atoms with E-state index in [4.69, 9.17) is 63.1 Å². The van der Waals surface area contributed by atoms with Crippen molar-refractivity contribution in [3.05, 3.63) is 117 Å². The van der Waals surface area contributed by atoms with Gasteiger partial charge < -0.3 is 128 Å². The number of primary amides is 1. The molecule has 11 bridgehead atoms. The molecule has 7 amide bonds. The van der Waals surface area contributed by atoms with Gasteiger partial charge in [-0.1, -0.05) is 55.2 Å². The number of phenolic OH excluding ortho intramolecular Hbond substituents is 3. The summed E-state index contributed by atoms with van der Waals surface area (Å²) in [6.07, 6.45) is -18.6. The summed E-state index contributed by atoms with van der Waals surface area (Å²) in [7, 11) is 1.47. The lowest BCUT2D eigenvalue weighted by molar-refractivity contribution is -0.333. The molecular weight excluding hydrogens is 1370 g/mol. The maximum absolute atomic E-state index is 16.0. The highest BCUT2D eigenvalue weighted by atomic mass is 35.5. The number of amides is 7. The van der Waals surface area contributed by atoms with E-state index in [1.807, 2.05) is 13.8 Å². The summed E-state index contributed by atoms with van der Waals surface area (Å²) in [4.78, 5) is 117. The van der Waals surface area contributed by atoms with E-state index in [0.29, 0.717) is 0 Å². The summed E-state index contributed by atoms with van der Waals surface area (Å²) >= 11 is 14.1. The average molecular weight is 1450 g/mol. The van der Waals surface area contributed by atoms with Crippen LogP contribution in [0.1, 0.15) is 105 Å². The summed E-state index contributed by atoms with van der Waals surface area (Å²) < 4.78 is 38.3. The molecule has 0 aromatic heterocycles. The summed E-state index contributed by atoms with van der Waals surface area (Å²) in [5.41, 5.74) is 8.00. The molecule has 7 aliphatic heterocycles. The van der Waals surface area contributed by atoms with E-state index >= 15 is 14.4 Å². The first-order valence-electron chi connectivity index (χ1n) is 31.6. The van der Waals surface area contributed by atoms with Crippen LogP contribution < -0.4 is 62.9 Å². The first-order chi connectivity index (χ1) is 47.7. The lowest BCUT2D eigenvalue weighted by atomic mass is 9.86. The van der Waals surface area contributed by atoms with Gasteiger partial charge in [0.1, 0.15) is 89.5 Å². The second kappa shape index (κ2) is 30.2. The molecule has 0 saturated carbocycles. The number of carboxylic acid groups (broad SMARTS) is 1. The summed E-state index contributed by atoms with van der Waals surface area (Å²) in [5.74, 6) is -16.0. The molecule has 5 aromatic carbocycles. The van der Waals surface area contributed by atoms with E-state index in [0.717, 1.165) is 66.7 Å². The Balaban J connectivity index is 1.24. The normalized spacial score (nSPS) is 29.4. The molecule has 101 heavy (non-hydrogen) atoms. The Bertz CT molecular complexity index is 4070. The van der Waals surface area contributed by atoms with Crippen LogP contribution in [-0.2, 0) is 52.6 Å². The topological polar surface area (TPSA) is 530 Å². The van der Waals surface area contributed by atoms with E-state index in [1.165, 1.54) is 33.0 Å². The Morgan fingerprint density at radius 1 is 0.713 bits per heavy atom. The highest BCUT2D eigenvalue weighted by Crippen LogP contribution is 2.50. The quantitative estimate of drug-likeness (QED) is 0.0743. The third-order valence-corrected chi connectivity index (χ3v) is 18.4. The number of carbonyl (C=O) groups is 8. The largest absolute Gasteiger partial charge is 0.508 e. The van der Waals surface area contributed by atoms with Crippen molar-refractivity contribution in [2.45, 2.75) is 156 Å². The van der Waals surface area contributed by atoms with Crippen molar-refractivity contribution in [3.8, 4) is 57.1 Å². The predicted octanol–water partition coefficient (Wildman–Crippen LogP) is 0.106. The highest BCUT2D eigenvalue weighted by Gasteiger charge is 2.51. The predicted molar refractivity (Wildman–Crippen MR) is 349 cm³/mol. The maximum atomic E-state index is 16.0. The van der Waals surface area contributed by atoms with Crippen LogP contribution in [0.2, 0.25) is 10.0 Å². The van der Waals surface area contributed by atoms with Gasteiger partial charge in [0.15, 0.2) is 29.9 Å². The lowest BCUT2D eigenvalue weighted by Gasteiger charge is -2.47. The molecule has 33 nitrogen and oxygen atoms in total. The molecule has 0 aliphatic carbocycles. The first kappa shape index (κ1) is 74.5. The van der Waals surface area contributed by atoms with Crippen LogP contribution >= 0.6 is 23.2 Å². The number of fused-ring (bicyclic) bond motifs is 15. The molecule has 2 saturated heterocycles. The highest BCUT2D eigenvalue weighted by molar-refractivity contribution is 6.32. The second-order valence-corrected chi connectivity index (χ2v) is 26.5. The third kappa shape index (κ3) is 15.8. The lowest BCUT2D eigenvalue weighted by Crippen LogP contribution is -2.64. The van der Waals surface area contributed by atoms with Crippen LogP contribution in [0.4, 0.5) is 0 Å². The molecular formula is C66H75Cl2N9O24. The number of nitrogens with one attached hydrogen (secondary N) is 7. The summed E-state index contributed by atoms with van der Waals surface area (Å²) in [6, 6.07) is -0.679. The number of halogens is 2. The number of rotatable bonds is 13. The molecule has 35 heteroatoms. The van der Waals surface area contributed by atoms with Gasteiger partial charge >= 0.3 is 5.97 Å². The number of benzene rings is 5. The summed E-state index contributed by atoms with van der Waals surface area (Å²) in [6.45, 7) is 5.66. The van der Waals surface area contributed by atoms with Crippen LogP contribution in [0.15, 0.2) is 78.9 Å². The number of aromatic hydroxyl groups is 3. The smallest absolute Gasteiger partial charge is 0.330 e. The third-order valence-electron chi connectivity index (χ3n) is 17.8. The van der Waals surface area contributed by atoms with Crippen LogP contribution in [0.5, 0.6) is 46.0 Å². The minimum atomic E-state index is -2.35. The Morgan fingerprint density at radius 3 is 1.90 bits per heavy atom. The molecule has 542 valence electrons. The number of aliphatic carboxylic acids is 1. The fourth-order valence-electron chi connectivity index (χ4n) is 12.5. The molecule has 3 unspecified atom stereocenters. The SMILES string of the molecule is CN[C@H](CC(C)C)C(=O)N[C@H]1C(=O)N[C@@H](CC(N)=O)C(=O)N[C@H]2C(=O)N[C@H]3C(=O)N[C@H](C(=O)N[C@H](C(=O)O)c4cc(O)cc(O)c4-c4cc3ccc4O)[C@H](O)c3ccc(c(Cl)c3)Oc3cc2cc(c3O[C@@H]2OC(CO)[C@@H](O)C(O)[C@H]2O[C@H]2C[C@@](C)(N)[C@@H](O)C(C)O2)Oc2ccc(cc2Cl)[C@H]1O. The molecule has 5 aromatic rings. The van der Waals surface area contributed by atoms with Gasteiger partial charge in [-0.3, -0.25) is 33.6 Å². The number of likely N-dealkylation sites (N-methyl/N-ethyl adjacent to an activating group) is 1. The first-order valence-corrected chi connectivity index (χ1v) is 32.4. The van der Waals surface area contributed by atoms with Crippen molar-refractivity contribution in [2.24, 2.45) is 17.4 Å². The van der Waals surface area contributed by atoms with Gasteiger partial charge in [-0.2, -0.15) is 0 Å². The van der Waals surface area contributed by atoms with E-state index in [-0.39, 0.29) is 46.2 Å². The van der Waals surface area contributed by atoms with Crippen LogP contribution in [0.3, 0.4) is 0 Å². The van der Waals surface area contributed by atoms with Gasteiger partial charge in [-0.15, -0.1) is 0 Å². The number of nitrogens with two attached hydrogens (primary N) is 2. The molecule has 2 fully saturated rings. The number of hydrogen-bond acceptors (Lipinski definition) is 25. The van der Waals surface area contributed by atoms with E-state index < -0.39 is 237 Å². The molecule has 18 atom stereocenters. The number of hydrogen-bond donors (Lipinski definition) is 19. The molecule has 21 N–H and O–H groups in total. The van der Waals surface area contributed by atoms with E-state index in [1.54, 1.807) is 0 Å². The zero-order chi connectivity index (χ0) is 73.5. The van der Waals surface area contributed by atoms with Gasteiger partial charge in [0, 0.05) is 34.7 Å². The number of carbonyl (C=O) groups excluding carboxylic acids is 7. The Labute approximate surface area is 584 Å². The van der Waals surface area contributed by atoms with Crippen molar-refractivity contribution in [1.29, 1.82) is 0 Å². The Kier molecular flexibility index (Phi) is 22.2. The van der Waals surface area contributed by atoms with Crippen LogP contribution in [-0.4, -0.2) is 191 Å². The van der Waals surface area contributed by atoms with Crippen LogP contribution in [0.25, 0.3) is 11.1 Å². The maximum Gasteiger partial charge on any atom is 0.330 e. The second-order valence-electron chi connectivity index (χ2n) is 25.7. The molecule has 7 heterocycles. The van der Waals surface area contributed by atoms with Crippen LogP contribution in [0, 0.1) is 5.92 Å².